The van der Waals surface area contributed by atoms with Crippen molar-refractivity contribution in [2.75, 3.05) is 20.1 Å². The zero-order valence-electron chi connectivity index (χ0n) is 22.2. The molecule has 0 radical (unpaired) electrons. The van der Waals surface area contributed by atoms with Crippen LogP contribution in [-0.4, -0.2) is 56.7 Å². The maximum atomic E-state index is 13.2. The van der Waals surface area contributed by atoms with Gasteiger partial charge >= 0.3 is 6.03 Å². The van der Waals surface area contributed by atoms with Gasteiger partial charge in [-0.15, -0.1) is 0 Å². The Morgan fingerprint density at radius 1 is 1.03 bits per heavy atom. The summed E-state index contributed by atoms with van der Waals surface area (Å²) in [4.78, 5) is 27.5. The van der Waals surface area contributed by atoms with Crippen LogP contribution in [0.1, 0.15) is 35.8 Å². The minimum absolute atomic E-state index is 0.0950. The fourth-order valence-corrected chi connectivity index (χ4v) is 4.94. The Kier molecular flexibility index (Phi) is 8.80. The lowest BCUT2D eigenvalue weighted by atomic mass is 10.0. The van der Waals surface area contributed by atoms with Crippen LogP contribution in [0, 0.1) is 0 Å². The van der Waals surface area contributed by atoms with Gasteiger partial charge in [0.15, 0.2) is 6.23 Å². The Morgan fingerprint density at radius 2 is 1.72 bits per heavy atom. The first-order valence-corrected chi connectivity index (χ1v) is 13.3. The molecule has 1 aromatic heterocycles. The van der Waals surface area contributed by atoms with E-state index in [0.29, 0.717) is 17.9 Å². The molecule has 1 aliphatic heterocycles. The lowest BCUT2D eigenvalue weighted by molar-refractivity contribution is -0.0671. The molecule has 2 N–H and O–H groups in total. The van der Waals surface area contributed by atoms with Gasteiger partial charge in [0.2, 0.25) is 0 Å². The van der Waals surface area contributed by atoms with Crippen molar-refractivity contribution in [2.24, 2.45) is 0 Å². The first-order valence-electron chi connectivity index (χ1n) is 13.3. The highest BCUT2D eigenvalue weighted by molar-refractivity contribution is 5.78. The summed E-state index contributed by atoms with van der Waals surface area (Å²) in [6.07, 6.45) is 4.18. The summed E-state index contributed by atoms with van der Waals surface area (Å²) in [5.74, 6) is 0. The first kappa shape index (κ1) is 26.8. The molecule has 2 heterocycles. The van der Waals surface area contributed by atoms with Crippen LogP contribution in [0.5, 0.6) is 0 Å². The first-order chi connectivity index (χ1) is 19.1. The zero-order valence-corrected chi connectivity index (χ0v) is 22.2. The summed E-state index contributed by atoms with van der Waals surface area (Å²) in [7, 11) is 1.87. The number of aliphatic hydroxyl groups excluding tert-OH is 1. The van der Waals surface area contributed by atoms with E-state index in [-0.39, 0.29) is 12.1 Å². The van der Waals surface area contributed by atoms with Crippen molar-refractivity contribution in [1.82, 2.24) is 24.8 Å². The van der Waals surface area contributed by atoms with E-state index < -0.39 is 6.23 Å². The number of hydrogen-bond donors (Lipinski definition) is 2. The molecule has 1 unspecified atom stereocenters. The van der Waals surface area contributed by atoms with Crippen molar-refractivity contribution in [3.63, 3.8) is 0 Å². The van der Waals surface area contributed by atoms with E-state index in [1.807, 2.05) is 72.6 Å². The van der Waals surface area contributed by atoms with E-state index in [1.165, 1.54) is 10.1 Å². The number of amides is 1. The number of aromatic nitrogens is 2. The average Bonchev–Trinajstić information content (AvgIpc) is 3.48. The molecule has 39 heavy (non-hydrogen) atoms. The smallest absolute Gasteiger partial charge is 0.329 e. The average molecular weight is 526 g/mol. The SMILES string of the molecule is CN(C(=O)n1cnc(-c2cccc(C(O)NOCc3ccccc3)c2)c1)C1CCN(Cc2ccccc2)CC1. The monoisotopic (exact) mass is 525 g/mol. The topological polar surface area (TPSA) is 82.9 Å². The molecule has 1 fully saturated rings. The number of hydroxylamine groups is 1. The molecule has 8 heteroatoms. The largest absolute Gasteiger partial charge is 0.372 e. The maximum Gasteiger partial charge on any atom is 0.329 e. The molecular formula is C31H35N5O3. The second-order valence-electron chi connectivity index (χ2n) is 9.97. The van der Waals surface area contributed by atoms with E-state index >= 15 is 0 Å². The fourth-order valence-electron chi connectivity index (χ4n) is 4.94. The van der Waals surface area contributed by atoms with Crippen LogP contribution in [0.4, 0.5) is 4.79 Å². The Balaban J connectivity index is 1.15. The van der Waals surface area contributed by atoms with Gasteiger partial charge in [0.1, 0.15) is 6.33 Å². The second-order valence-corrected chi connectivity index (χ2v) is 9.97. The van der Waals surface area contributed by atoms with E-state index in [1.54, 1.807) is 12.5 Å². The number of aliphatic hydroxyl groups is 1. The lowest BCUT2D eigenvalue weighted by Gasteiger charge is -2.36. The Bertz CT molecular complexity index is 1340. The van der Waals surface area contributed by atoms with Crippen molar-refractivity contribution in [3.05, 3.63) is 114 Å². The predicted octanol–water partition coefficient (Wildman–Crippen LogP) is 4.83. The number of imidazole rings is 1. The van der Waals surface area contributed by atoms with E-state index in [2.05, 4.69) is 39.6 Å². The molecule has 0 spiro atoms. The summed E-state index contributed by atoms with van der Waals surface area (Å²) < 4.78 is 1.54. The molecule has 5 rings (SSSR count). The van der Waals surface area contributed by atoms with Gasteiger partial charge in [0.05, 0.1) is 12.3 Å². The molecule has 4 aromatic rings. The standard InChI is InChI=1S/C31H35N5O3/c1-34(28-15-17-35(18-16-28)20-24-9-4-2-5-10-24)31(38)36-21-29(32-23-36)26-13-8-14-27(19-26)30(37)33-39-22-25-11-6-3-7-12-25/h2-14,19,21,23,28,30,33,37H,15-18,20,22H2,1H3. The van der Waals surface area contributed by atoms with E-state index in [0.717, 1.165) is 43.6 Å². The molecule has 0 aliphatic carbocycles. The van der Waals surface area contributed by atoms with Gasteiger partial charge in [0.25, 0.3) is 0 Å². The van der Waals surface area contributed by atoms with Crippen LogP contribution >= 0.6 is 0 Å². The van der Waals surface area contributed by atoms with Gasteiger partial charge in [-0.1, -0.05) is 78.9 Å². The molecule has 1 amide bonds. The number of nitrogens with zero attached hydrogens (tertiary/aromatic N) is 4. The number of carbonyl (C=O) groups is 1. The van der Waals surface area contributed by atoms with Crippen LogP contribution in [0.25, 0.3) is 11.3 Å². The van der Waals surface area contributed by atoms with Crippen LogP contribution in [0.2, 0.25) is 0 Å². The van der Waals surface area contributed by atoms with Crippen LogP contribution < -0.4 is 5.48 Å². The number of carbonyl (C=O) groups excluding carboxylic acids is 1. The third-order valence-corrected chi connectivity index (χ3v) is 7.23. The Hall–Kier alpha value is -3.82. The van der Waals surface area contributed by atoms with Gasteiger partial charge in [0, 0.05) is 44.5 Å². The minimum Gasteiger partial charge on any atom is -0.372 e. The number of hydrogen-bond acceptors (Lipinski definition) is 6. The maximum absolute atomic E-state index is 13.2. The van der Waals surface area contributed by atoms with Gasteiger partial charge < -0.3 is 10.0 Å². The number of benzene rings is 3. The summed E-state index contributed by atoms with van der Waals surface area (Å²) >= 11 is 0. The van der Waals surface area contributed by atoms with Gasteiger partial charge in [-0.05, 0) is 35.6 Å². The fraction of sp³-hybridized carbons (Fsp3) is 0.290. The third-order valence-electron chi connectivity index (χ3n) is 7.23. The summed E-state index contributed by atoms with van der Waals surface area (Å²) in [6, 6.07) is 27.7. The highest BCUT2D eigenvalue weighted by Gasteiger charge is 2.26. The summed E-state index contributed by atoms with van der Waals surface area (Å²) in [5, 5.41) is 10.6. The highest BCUT2D eigenvalue weighted by atomic mass is 16.7. The number of piperidine rings is 1. The molecule has 0 bridgehead atoms. The quantitative estimate of drug-likeness (QED) is 0.241. The van der Waals surface area contributed by atoms with Crippen molar-refractivity contribution in [3.8, 4) is 11.3 Å². The zero-order chi connectivity index (χ0) is 27.0. The van der Waals surface area contributed by atoms with Gasteiger partial charge in [-0.25, -0.2) is 9.78 Å². The molecular weight excluding hydrogens is 490 g/mol. The Labute approximate surface area is 229 Å². The predicted molar refractivity (Wildman–Crippen MR) is 150 cm³/mol. The highest BCUT2D eigenvalue weighted by Crippen LogP contribution is 2.23. The lowest BCUT2D eigenvalue weighted by Crippen LogP contribution is -2.46. The molecule has 0 saturated carbocycles. The van der Waals surface area contributed by atoms with Crippen molar-refractivity contribution in [1.29, 1.82) is 0 Å². The van der Waals surface area contributed by atoms with Crippen molar-refractivity contribution < 1.29 is 14.7 Å². The van der Waals surface area contributed by atoms with Crippen LogP contribution in [-0.2, 0) is 18.0 Å². The minimum atomic E-state index is -1.00. The van der Waals surface area contributed by atoms with Gasteiger partial charge in [-0.2, -0.15) is 5.48 Å². The summed E-state index contributed by atoms with van der Waals surface area (Å²) in [5.41, 5.74) is 7.11. The van der Waals surface area contributed by atoms with Crippen molar-refractivity contribution >= 4 is 6.03 Å². The molecule has 1 aliphatic rings. The second kappa shape index (κ2) is 12.8. The summed E-state index contributed by atoms with van der Waals surface area (Å²) in [6.45, 7) is 3.21. The van der Waals surface area contributed by atoms with Crippen LogP contribution in [0.15, 0.2) is 97.5 Å². The number of rotatable bonds is 9. The molecule has 3 aromatic carbocycles. The normalized spacial score (nSPS) is 15.2. The van der Waals surface area contributed by atoms with Crippen molar-refractivity contribution in [2.45, 2.75) is 38.3 Å². The van der Waals surface area contributed by atoms with E-state index in [4.69, 9.17) is 4.84 Å². The molecule has 202 valence electrons. The molecule has 8 nitrogen and oxygen atoms in total. The third kappa shape index (κ3) is 6.99. The van der Waals surface area contributed by atoms with Gasteiger partial charge in [-0.3, -0.25) is 14.3 Å². The molecule has 1 saturated heterocycles. The molecule has 1 atom stereocenters. The van der Waals surface area contributed by atoms with E-state index in [9.17, 15) is 9.90 Å². The number of likely N-dealkylation sites (tertiary alicyclic amines) is 1. The number of nitrogens with one attached hydrogen (secondary N) is 1. The van der Waals surface area contributed by atoms with Crippen LogP contribution in [0.3, 0.4) is 0 Å². The Morgan fingerprint density at radius 3 is 2.44 bits per heavy atom.